The van der Waals surface area contributed by atoms with Gasteiger partial charge in [0.05, 0.1) is 28.7 Å². The number of benzene rings is 1. The molecular formula is C26H28N4O4. The van der Waals surface area contributed by atoms with Crippen LogP contribution < -0.4 is 15.8 Å². The number of hydrogen-bond donors (Lipinski definition) is 4. The number of aliphatic hydroxyl groups is 1. The smallest absolute Gasteiger partial charge is 0.268 e. The molecule has 8 heteroatoms. The molecule has 7 atom stereocenters. The summed E-state index contributed by atoms with van der Waals surface area (Å²) < 4.78 is 6.60. The fourth-order valence-electron chi connectivity index (χ4n) is 8.45. The molecule has 4 fully saturated rings. The molecule has 3 saturated carbocycles. The third-order valence-electron chi connectivity index (χ3n) is 9.83. The van der Waals surface area contributed by atoms with E-state index in [4.69, 9.17) is 10.5 Å². The zero-order chi connectivity index (χ0) is 23.0. The lowest BCUT2D eigenvalue weighted by Gasteiger charge is -2.53. The van der Waals surface area contributed by atoms with Gasteiger partial charge in [0.25, 0.3) is 11.8 Å². The number of amides is 2. The van der Waals surface area contributed by atoms with Gasteiger partial charge in [-0.3, -0.25) is 14.5 Å². The lowest BCUT2D eigenvalue weighted by Crippen LogP contribution is -2.68. The second-order valence-corrected chi connectivity index (χ2v) is 11.4. The van der Waals surface area contributed by atoms with Crippen molar-refractivity contribution in [1.29, 1.82) is 0 Å². The number of aromatic amines is 1. The highest BCUT2D eigenvalue weighted by molar-refractivity contribution is 5.97. The highest BCUT2D eigenvalue weighted by atomic mass is 16.5. The number of hydrogen-bond acceptors (Lipinski definition) is 5. The summed E-state index contributed by atoms with van der Waals surface area (Å²) in [6.07, 6.45) is 6.73. The summed E-state index contributed by atoms with van der Waals surface area (Å²) in [7, 11) is 0. The zero-order valence-corrected chi connectivity index (χ0v) is 18.8. The Hall–Kier alpha value is -2.84. The molecule has 2 aromatic rings. The Kier molecular flexibility index (Phi) is 3.35. The van der Waals surface area contributed by atoms with Crippen LogP contribution in [0, 0.1) is 5.92 Å². The van der Waals surface area contributed by atoms with Crippen LogP contribution in [0.25, 0.3) is 0 Å². The summed E-state index contributed by atoms with van der Waals surface area (Å²) >= 11 is 0. The van der Waals surface area contributed by atoms with Gasteiger partial charge in [-0.1, -0.05) is 6.07 Å². The molecule has 3 heterocycles. The van der Waals surface area contributed by atoms with Crippen molar-refractivity contribution in [2.24, 2.45) is 11.7 Å². The normalized spacial score (nSPS) is 41.9. The number of carbonyl (C=O) groups excluding carboxylic acids is 2. The number of rotatable bonds is 5. The summed E-state index contributed by atoms with van der Waals surface area (Å²) in [5, 5.41) is 15.7. The van der Waals surface area contributed by atoms with Crippen LogP contribution in [0.5, 0.6) is 5.75 Å². The van der Waals surface area contributed by atoms with Crippen molar-refractivity contribution in [3.63, 3.8) is 0 Å². The van der Waals surface area contributed by atoms with Crippen LogP contribution in [-0.4, -0.2) is 62.7 Å². The largest absolute Gasteiger partial charge is 0.486 e. The first-order valence-corrected chi connectivity index (χ1v) is 12.5. The Labute approximate surface area is 196 Å². The van der Waals surface area contributed by atoms with Gasteiger partial charge in [0.2, 0.25) is 0 Å². The van der Waals surface area contributed by atoms with Crippen LogP contribution in [0.1, 0.15) is 64.1 Å². The van der Waals surface area contributed by atoms with Crippen molar-refractivity contribution in [1.82, 2.24) is 15.2 Å². The van der Waals surface area contributed by atoms with Gasteiger partial charge in [-0.15, -0.1) is 0 Å². The first-order valence-electron chi connectivity index (χ1n) is 12.5. The van der Waals surface area contributed by atoms with E-state index in [9.17, 15) is 14.7 Å². The molecule has 5 N–H and O–H groups in total. The number of fused-ring (bicyclic) bond motifs is 1. The Morgan fingerprint density at radius 2 is 2.12 bits per heavy atom. The SMILES string of the molecule is NC(=O)c1ccc2c3c1O[C@H]1[C@H](NC(=O)c4ccc[nH]4)CCC4(O)C5N(CC6CC6)C5(C2)CC314. The number of nitrogens with zero attached hydrogens (tertiary/aromatic N) is 1. The number of H-pyrrole nitrogens is 1. The summed E-state index contributed by atoms with van der Waals surface area (Å²) in [5.41, 5.74) is 7.09. The number of primary amides is 1. The number of likely N-dealkylation sites (tertiary alicyclic amines) is 1. The van der Waals surface area contributed by atoms with E-state index in [0.717, 1.165) is 36.4 Å². The predicted octanol–water partition coefficient (Wildman–Crippen LogP) is 1.23. The molecule has 1 aromatic heterocycles. The van der Waals surface area contributed by atoms with Gasteiger partial charge < -0.3 is 25.9 Å². The van der Waals surface area contributed by atoms with E-state index in [1.807, 2.05) is 6.07 Å². The lowest BCUT2D eigenvalue weighted by atomic mass is 9.56. The molecule has 1 saturated heterocycles. The molecule has 2 bridgehead atoms. The van der Waals surface area contributed by atoms with Crippen molar-refractivity contribution in [3.05, 3.63) is 52.8 Å². The molecule has 4 aliphatic carbocycles. The standard InChI is InChI=1S/C26H28N4O4/c27-21(31)15-6-5-14-10-24-12-25-18(14)19(15)34-20(25)16(29-22(32)17-2-1-9-28-17)7-8-26(25,33)23(24)30(24)11-13-3-4-13/h1-2,5-6,9,13,16,20,23,28,33H,3-4,7-8,10-12H2,(H2,27,31)(H,29,32)/t16-,20+,23?,24?,25?,26?,30?/m1/s1. The molecule has 2 amide bonds. The monoisotopic (exact) mass is 460 g/mol. The summed E-state index contributed by atoms with van der Waals surface area (Å²) in [4.78, 5) is 30.8. The van der Waals surface area contributed by atoms with E-state index in [1.165, 1.54) is 12.8 Å². The number of carbonyl (C=O) groups is 2. The van der Waals surface area contributed by atoms with E-state index in [2.05, 4.69) is 15.2 Å². The van der Waals surface area contributed by atoms with Crippen LogP contribution in [0.2, 0.25) is 0 Å². The lowest BCUT2D eigenvalue weighted by molar-refractivity contribution is -0.116. The minimum atomic E-state index is -0.951. The van der Waals surface area contributed by atoms with Crippen LogP contribution in [-0.2, 0) is 11.8 Å². The highest BCUT2D eigenvalue weighted by Crippen LogP contribution is 2.76. The average Bonchev–Trinajstić information content (AvgIpc) is 3.53. The number of nitrogens with one attached hydrogen (secondary N) is 2. The molecule has 2 spiro atoms. The average molecular weight is 461 g/mol. The van der Waals surface area contributed by atoms with Gasteiger partial charge in [-0.2, -0.15) is 0 Å². The minimum absolute atomic E-state index is 0.0554. The highest BCUT2D eigenvalue weighted by Gasteiger charge is 2.88. The van der Waals surface area contributed by atoms with Crippen LogP contribution in [0.15, 0.2) is 30.5 Å². The van der Waals surface area contributed by atoms with Crippen molar-refractivity contribution in [2.45, 2.75) is 73.3 Å². The molecule has 6 aliphatic rings. The molecule has 34 heavy (non-hydrogen) atoms. The second-order valence-electron chi connectivity index (χ2n) is 11.4. The topological polar surface area (TPSA) is 120 Å². The van der Waals surface area contributed by atoms with Gasteiger partial charge >= 0.3 is 0 Å². The first kappa shape index (κ1) is 19.5. The predicted molar refractivity (Wildman–Crippen MR) is 122 cm³/mol. The van der Waals surface area contributed by atoms with E-state index in [0.29, 0.717) is 29.8 Å². The van der Waals surface area contributed by atoms with Crippen molar-refractivity contribution >= 4 is 11.8 Å². The molecule has 5 unspecified atom stereocenters. The van der Waals surface area contributed by atoms with Gasteiger partial charge in [-0.25, -0.2) is 0 Å². The number of piperidine rings is 1. The van der Waals surface area contributed by atoms with Crippen LogP contribution in [0.3, 0.4) is 0 Å². The van der Waals surface area contributed by atoms with Gasteiger partial charge in [0, 0.05) is 23.8 Å². The zero-order valence-electron chi connectivity index (χ0n) is 18.8. The fraction of sp³-hybridized carbons (Fsp3) is 0.538. The fourth-order valence-corrected chi connectivity index (χ4v) is 8.45. The molecule has 8 rings (SSSR count). The first-order chi connectivity index (χ1) is 16.4. The van der Waals surface area contributed by atoms with Crippen molar-refractivity contribution < 1.29 is 19.4 Å². The van der Waals surface area contributed by atoms with Gasteiger partial charge in [0.1, 0.15) is 17.5 Å². The molecule has 8 nitrogen and oxygen atoms in total. The molecule has 2 aliphatic heterocycles. The Morgan fingerprint density at radius 3 is 2.85 bits per heavy atom. The minimum Gasteiger partial charge on any atom is -0.486 e. The molecular weight excluding hydrogens is 432 g/mol. The van der Waals surface area contributed by atoms with Gasteiger partial charge in [0.15, 0.2) is 0 Å². The summed E-state index contributed by atoms with van der Waals surface area (Å²) in [6, 6.07) is 7.16. The maximum absolute atomic E-state index is 13.0. The number of ether oxygens (including phenoxy) is 1. The Bertz CT molecular complexity index is 1270. The third-order valence-corrected chi connectivity index (χ3v) is 9.83. The molecule has 0 radical (unpaired) electrons. The van der Waals surface area contributed by atoms with Gasteiger partial charge in [-0.05, 0) is 68.2 Å². The quantitative estimate of drug-likeness (QED) is 0.500. The van der Waals surface area contributed by atoms with E-state index < -0.39 is 23.0 Å². The van der Waals surface area contributed by atoms with Crippen molar-refractivity contribution in [3.8, 4) is 5.75 Å². The number of nitrogens with two attached hydrogens (primary N) is 1. The van der Waals surface area contributed by atoms with E-state index in [-0.39, 0.29) is 23.5 Å². The maximum atomic E-state index is 13.0. The Balaban J connectivity index is 1.26. The molecule has 1 aromatic carbocycles. The maximum Gasteiger partial charge on any atom is 0.268 e. The summed E-state index contributed by atoms with van der Waals surface area (Å²) in [5.74, 6) is 0.568. The Morgan fingerprint density at radius 1 is 1.26 bits per heavy atom. The van der Waals surface area contributed by atoms with E-state index in [1.54, 1.807) is 24.4 Å². The molecule has 176 valence electrons. The number of aromatic nitrogens is 1. The van der Waals surface area contributed by atoms with E-state index >= 15 is 0 Å². The third kappa shape index (κ3) is 2.05. The van der Waals surface area contributed by atoms with Crippen molar-refractivity contribution in [2.75, 3.05) is 6.54 Å². The van der Waals surface area contributed by atoms with Crippen LogP contribution >= 0.6 is 0 Å². The summed E-state index contributed by atoms with van der Waals surface area (Å²) in [6.45, 7) is 1.06. The second kappa shape index (κ2) is 5.86. The van der Waals surface area contributed by atoms with Crippen LogP contribution in [0.4, 0.5) is 0 Å².